The summed E-state index contributed by atoms with van der Waals surface area (Å²) >= 11 is 0. The molecule has 2 fully saturated rings. The van der Waals surface area contributed by atoms with Gasteiger partial charge in [0.25, 0.3) is 0 Å². The molecule has 1 saturated heterocycles. The molecule has 0 radical (unpaired) electrons. The minimum absolute atomic E-state index is 0.0340. The molecule has 1 saturated carbocycles. The zero-order valence-corrected chi connectivity index (χ0v) is 12.1. The van der Waals surface area contributed by atoms with Crippen molar-refractivity contribution >= 4 is 11.9 Å². The van der Waals surface area contributed by atoms with Gasteiger partial charge >= 0.3 is 11.9 Å². The largest absolute Gasteiger partial charge is 0.462 e. The highest BCUT2D eigenvalue weighted by molar-refractivity contribution is 5.76. The Balaban J connectivity index is 1.83. The van der Waals surface area contributed by atoms with Crippen molar-refractivity contribution in [3.05, 3.63) is 0 Å². The second-order valence-corrected chi connectivity index (χ2v) is 6.14. The van der Waals surface area contributed by atoms with Gasteiger partial charge in [-0.2, -0.15) is 0 Å². The first-order chi connectivity index (χ1) is 9.02. The maximum absolute atomic E-state index is 11.8. The maximum atomic E-state index is 11.8. The van der Waals surface area contributed by atoms with Gasteiger partial charge in [-0.1, -0.05) is 27.2 Å². The average Bonchev–Trinajstić information content (AvgIpc) is 2.87. The van der Waals surface area contributed by atoms with E-state index < -0.39 is 0 Å². The number of carbonyl (C=O) groups excluding carboxylic acids is 2. The molecule has 1 aliphatic heterocycles. The lowest BCUT2D eigenvalue weighted by Gasteiger charge is -2.18. The van der Waals surface area contributed by atoms with Gasteiger partial charge in [0.15, 0.2) is 0 Å². The number of esters is 2. The Hall–Kier alpha value is -1.06. The Labute approximate surface area is 114 Å². The average molecular weight is 268 g/mol. The third-order valence-electron chi connectivity index (χ3n) is 4.41. The normalized spacial score (nSPS) is 34.8. The van der Waals surface area contributed by atoms with Gasteiger partial charge in [-0.15, -0.1) is 0 Å². The van der Waals surface area contributed by atoms with Crippen molar-refractivity contribution in [3.8, 4) is 0 Å². The predicted molar refractivity (Wildman–Crippen MR) is 70.3 cm³/mol. The predicted octanol–water partition coefficient (Wildman–Crippen LogP) is 2.55. The Morgan fingerprint density at radius 2 is 2.21 bits per heavy atom. The van der Waals surface area contributed by atoms with Crippen LogP contribution in [0.5, 0.6) is 0 Å². The van der Waals surface area contributed by atoms with Crippen molar-refractivity contribution in [2.45, 2.75) is 52.6 Å². The molecule has 0 bridgehead atoms. The Morgan fingerprint density at radius 3 is 2.89 bits per heavy atom. The van der Waals surface area contributed by atoms with Crippen LogP contribution in [0, 0.1) is 23.7 Å². The number of ether oxygens (including phenoxy) is 2. The van der Waals surface area contributed by atoms with Gasteiger partial charge in [0.05, 0.1) is 11.8 Å². The van der Waals surface area contributed by atoms with Crippen LogP contribution < -0.4 is 0 Å². The molecule has 4 nitrogen and oxygen atoms in total. The van der Waals surface area contributed by atoms with E-state index in [9.17, 15) is 9.59 Å². The van der Waals surface area contributed by atoms with Crippen LogP contribution in [-0.2, 0) is 19.1 Å². The molecule has 2 rings (SSSR count). The molecule has 0 N–H and O–H groups in total. The molecule has 0 amide bonds. The van der Waals surface area contributed by atoms with Crippen LogP contribution in [0.1, 0.15) is 46.5 Å². The van der Waals surface area contributed by atoms with Crippen molar-refractivity contribution in [1.82, 2.24) is 0 Å². The summed E-state index contributed by atoms with van der Waals surface area (Å²) in [5.41, 5.74) is 0. The van der Waals surface area contributed by atoms with E-state index in [0.717, 1.165) is 25.7 Å². The molecule has 1 heterocycles. The van der Waals surface area contributed by atoms with Crippen LogP contribution in [-0.4, -0.2) is 24.6 Å². The number of rotatable bonds is 5. The lowest BCUT2D eigenvalue weighted by Crippen LogP contribution is -2.27. The van der Waals surface area contributed by atoms with Gasteiger partial charge in [0.2, 0.25) is 0 Å². The van der Waals surface area contributed by atoms with Crippen LogP contribution in [0.2, 0.25) is 0 Å². The quantitative estimate of drug-likeness (QED) is 0.719. The van der Waals surface area contributed by atoms with Gasteiger partial charge in [-0.25, -0.2) is 0 Å². The molecule has 0 aromatic rings. The van der Waals surface area contributed by atoms with Crippen LogP contribution in [0.4, 0.5) is 0 Å². The number of fused-ring (bicyclic) bond motifs is 1. The van der Waals surface area contributed by atoms with Crippen molar-refractivity contribution in [2.24, 2.45) is 23.7 Å². The summed E-state index contributed by atoms with van der Waals surface area (Å²) in [5.74, 6) is 0.508. The zero-order chi connectivity index (χ0) is 14.0. The molecule has 2 aliphatic rings. The van der Waals surface area contributed by atoms with Crippen molar-refractivity contribution in [3.63, 3.8) is 0 Å². The summed E-state index contributed by atoms with van der Waals surface area (Å²) < 4.78 is 10.7. The highest BCUT2D eigenvalue weighted by Gasteiger charge is 2.49. The first-order valence-electron chi connectivity index (χ1n) is 7.40. The molecular formula is C15H24O4. The first-order valence-corrected chi connectivity index (χ1v) is 7.40. The topological polar surface area (TPSA) is 52.6 Å². The van der Waals surface area contributed by atoms with Gasteiger partial charge in [0.1, 0.15) is 12.7 Å². The summed E-state index contributed by atoms with van der Waals surface area (Å²) in [6.07, 6.45) is 3.51. The molecule has 0 spiro atoms. The number of hydrogen-bond donors (Lipinski definition) is 0. The monoisotopic (exact) mass is 268 g/mol. The highest BCUT2D eigenvalue weighted by Crippen LogP contribution is 2.44. The first kappa shape index (κ1) is 14.4. The number of cyclic esters (lactones) is 1. The third-order valence-corrected chi connectivity index (χ3v) is 4.41. The van der Waals surface area contributed by atoms with E-state index in [0.29, 0.717) is 5.92 Å². The lowest BCUT2D eigenvalue weighted by atomic mass is 9.94. The van der Waals surface area contributed by atoms with E-state index in [-0.39, 0.29) is 42.4 Å². The zero-order valence-electron chi connectivity index (χ0n) is 12.1. The second-order valence-electron chi connectivity index (χ2n) is 6.14. The minimum atomic E-state index is -0.222. The number of hydrogen-bond acceptors (Lipinski definition) is 4. The highest BCUT2D eigenvalue weighted by atomic mass is 16.6. The summed E-state index contributed by atoms with van der Waals surface area (Å²) in [5, 5.41) is 0. The second kappa shape index (κ2) is 5.93. The fourth-order valence-electron chi connectivity index (χ4n) is 3.35. The van der Waals surface area contributed by atoms with Crippen LogP contribution in [0.25, 0.3) is 0 Å². The number of carbonyl (C=O) groups is 2. The summed E-state index contributed by atoms with van der Waals surface area (Å²) in [6, 6.07) is 0. The Morgan fingerprint density at radius 1 is 1.47 bits per heavy atom. The molecular weight excluding hydrogens is 244 g/mol. The van der Waals surface area contributed by atoms with Crippen LogP contribution in [0.15, 0.2) is 0 Å². The standard InChI is InChI=1S/C15H24O4/c1-4-5-10(3)14(16)18-8-13-11-6-9(2)7-12(11)15(17)19-13/h9-13H,4-8H2,1-3H3. The van der Waals surface area contributed by atoms with E-state index in [2.05, 4.69) is 6.92 Å². The molecule has 5 unspecified atom stereocenters. The maximum Gasteiger partial charge on any atom is 0.309 e. The SMILES string of the molecule is CCCC(C)C(=O)OCC1OC(=O)C2CC(C)CC12. The van der Waals surface area contributed by atoms with E-state index in [1.807, 2.05) is 13.8 Å². The van der Waals surface area contributed by atoms with Crippen molar-refractivity contribution in [1.29, 1.82) is 0 Å². The van der Waals surface area contributed by atoms with E-state index >= 15 is 0 Å². The third kappa shape index (κ3) is 3.10. The van der Waals surface area contributed by atoms with E-state index in [1.54, 1.807) is 0 Å². The summed E-state index contributed by atoms with van der Waals surface area (Å²) in [4.78, 5) is 23.5. The molecule has 0 aromatic carbocycles. The van der Waals surface area contributed by atoms with Gasteiger partial charge in [-0.05, 0) is 25.2 Å². The molecule has 4 heteroatoms. The Kier molecular flexibility index (Phi) is 4.48. The molecule has 1 aliphatic carbocycles. The smallest absolute Gasteiger partial charge is 0.309 e. The van der Waals surface area contributed by atoms with Gasteiger partial charge in [0, 0.05) is 5.92 Å². The Bertz CT molecular complexity index is 352. The van der Waals surface area contributed by atoms with E-state index in [4.69, 9.17) is 9.47 Å². The van der Waals surface area contributed by atoms with Gasteiger partial charge in [-0.3, -0.25) is 9.59 Å². The van der Waals surface area contributed by atoms with E-state index in [1.165, 1.54) is 0 Å². The molecule has 5 atom stereocenters. The van der Waals surface area contributed by atoms with Gasteiger partial charge < -0.3 is 9.47 Å². The van der Waals surface area contributed by atoms with Crippen LogP contribution in [0.3, 0.4) is 0 Å². The fourth-order valence-corrected chi connectivity index (χ4v) is 3.35. The fraction of sp³-hybridized carbons (Fsp3) is 0.867. The van der Waals surface area contributed by atoms with Crippen LogP contribution >= 0.6 is 0 Å². The summed E-state index contributed by atoms with van der Waals surface area (Å²) in [7, 11) is 0. The lowest BCUT2D eigenvalue weighted by molar-refractivity contribution is -0.157. The molecule has 0 aromatic heterocycles. The van der Waals surface area contributed by atoms with Crippen molar-refractivity contribution < 1.29 is 19.1 Å². The summed E-state index contributed by atoms with van der Waals surface area (Å²) in [6.45, 7) is 6.32. The minimum Gasteiger partial charge on any atom is -0.462 e. The molecule has 19 heavy (non-hydrogen) atoms. The molecule has 108 valence electrons. The van der Waals surface area contributed by atoms with Crippen molar-refractivity contribution in [2.75, 3.05) is 6.61 Å².